The predicted octanol–water partition coefficient (Wildman–Crippen LogP) is 4.28. The van der Waals surface area contributed by atoms with Gasteiger partial charge in [0, 0.05) is 6.54 Å². The van der Waals surface area contributed by atoms with Gasteiger partial charge in [-0.25, -0.2) is 4.98 Å². The zero-order chi connectivity index (χ0) is 21.8. The number of rotatable bonds is 8. The van der Waals surface area contributed by atoms with Crippen molar-refractivity contribution in [2.75, 3.05) is 6.61 Å². The minimum Gasteiger partial charge on any atom is -0.491 e. The van der Waals surface area contributed by atoms with Crippen molar-refractivity contribution >= 4 is 33.9 Å². The van der Waals surface area contributed by atoms with E-state index < -0.39 is 6.10 Å². The molecule has 6 nitrogen and oxygen atoms in total. The molecule has 1 unspecified atom stereocenters. The van der Waals surface area contributed by atoms with Crippen LogP contribution in [0.1, 0.15) is 0 Å². The molecule has 0 aliphatic rings. The maximum atomic E-state index is 12.8. The predicted molar refractivity (Wildman–Crippen MR) is 126 cm³/mol. The summed E-state index contributed by atoms with van der Waals surface area (Å²) in [6.07, 6.45) is 2.28. The lowest BCUT2D eigenvalue weighted by Crippen LogP contribution is -2.30. The number of aliphatic hydroxyl groups excluding tert-OH is 1. The second-order valence-corrected chi connectivity index (χ2v) is 8.62. The summed E-state index contributed by atoms with van der Waals surface area (Å²) in [5.41, 5.74) is 2.53. The van der Waals surface area contributed by atoms with E-state index in [1.807, 2.05) is 54.6 Å². The molecule has 0 radical (unpaired) electrons. The topological polar surface area (TPSA) is 69.3 Å². The monoisotopic (exact) mass is 451 g/mol. The van der Waals surface area contributed by atoms with Gasteiger partial charge in [0.05, 0.1) is 6.54 Å². The molecule has 2 aromatic heterocycles. The Morgan fingerprint density at radius 2 is 1.87 bits per heavy atom. The van der Waals surface area contributed by atoms with Crippen LogP contribution in [0, 0.1) is 3.95 Å². The lowest BCUT2D eigenvalue weighted by Gasteiger charge is -2.14. The molecule has 31 heavy (non-hydrogen) atoms. The van der Waals surface area contributed by atoms with Crippen LogP contribution in [-0.4, -0.2) is 31.9 Å². The summed E-state index contributed by atoms with van der Waals surface area (Å²) >= 11 is 6.54. The summed E-state index contributed by atoms with van der Waals surface area (Å²) in [4.78, 5) is 17.1. The molecule has 2 aromatic carbocycles. The molecule has 0 bridgehead atoms. The first-order chi connectivity index (χ1) is 15.1. The van der Waals surface area contributed by atoms with E-state index in [9.17, 15) is 9.90 Å². The van der Waals surface area contributed by atoms with E-state index in [0.29, 0.717) is 26.6 Å². The van der Waals surface area contributed by atoms with Gasteiger partial charge in [0.2, 0.25) is 0 Å². The van der Waals surface area contributed by atoms with Crippen LogP contribution >= 0.6 is 23.6 Å². The van der Waals surface area contributed by atoms with Crippen LogP contribution in [0.4, 0.5) is 0 Å². The Kier molecular flexibility index (Phi) is 6.41. The van der Waals surface area contributed by atoms with Crippen molar-refractivity contribution < 1.29 is 9.84 Å². The van der Waals surface area contributed by atoms with E-state index in [1.54, 1.807) is 10.6 Å². The quantitative estimate of drug-likeness (QED) is 0.320. The summed E-state index contributed by atoms with van der Waals surface area (Å²) in [5, 5.41) is 10.4. The van der Waals surface area contributed by atoms with Crippen molar-refractivity contribution in [1.29, 1.82) is 0 Å². The molecule has 4 aromatic rings. The van der Waals surface area contributed by atoms with E-state index in [-0.39, 0.29) is 18.7 Å². The third-order valence-corrected chi connectivity index (χ3v) is 6.19. The highest BCUT2D eigenvalue weighted by Gasteiger charge is 2.14. The molecule has 2 heterocycles. The fraction of sp³-hybridized carbons (Fsp3) is 0.174. The Bertz CT molecular complexity index is 1310. The lowest BCUT2D eigenvalue weighted by molar-refractivity contribution is 0.0915. The van der Waals surface area contributed by atoms with Gasteiger partial charge in [0.1, 0.15) is 29.5 Å². The van der Waals surface area contributed by atoms with Crippen molar-refractivity contribution in [3.05, 3.63) is 87.9 Å². The van der Waals surface area contributed by atoms with Crippen LogP contribution in [0.5, 0.6) is 5.75 Å². The molecular formula is C23H21N3O3S2. The molecular weight excluding hydrogens is 430 g/mol. The molecule has 8 heteroatoms. The van der Waals surface area contributed by atoms with Crippen molar-refractivity contribution in [3.63, 3.8) is 0 Å². The maximum Gasteiger partial charge on any atom is 0.273 e. The summed E-state index contributed by atoms with van der Waals surface area (Å²) < 4.78 is 9.90. The maximum absolute atomic E-state index is 12.8. The second kappa shape index (κ2) is 9.38. The van der Waals surface area contributed by atoms with Crippen LogP contribution < -0.4 is 10.3 Å². The van der Waals surface area contributed by atoms with E-state index in [1.165, 1.54) is 22.2 Å². The molecule has 0 saturated carbocycles. The van der Waals surface area contributed by atoms with Gasteiger partial charge in [-0.2, -0.15) is 0 Å². The Balaban J connectivity index is 1.42. The summed E-state index contributed by atoms with van der Waals surface area (Å²) in [6, 6.07) is 17.7. The van der Waals surface area contributed by atoms with Crippen LogP contribution in [0.15, 0.2) is 78.4 Å². The summed E-state index contributed by atoms with van der Waals surface area (Å²) in [7, 11) is 0. The van der Waals surface area contributed by atoms with Gasteiger partial charge in [-0.1, -0.05) is 59.9 Å². The first-order valence-electron chi connectivity index (χ1n) is 9.73. The fourth-order valence-corrected chi connectivity index (χ4v) is 4.55. The molecule has 0 fully saturated rings. The van der Waals surface area contributed by atoms with Crippen molar-refractivity contribution in [2.24, 2.45) is 0 Å². The zero-order valence-corrected chi connectivity index (χ0v) is 18.3. The van der Waals surface area contributed by atoms with E-state index >= 15 is 0 Å². The number of nitrogens with zero attached hydrogens (tertiary/aromatic N) is 3. The number of benzene rings is 2. The Morgan fingerprint density at radius 1 is 1.16 bits per heavy atom. The molecule has 0 aliphatic carbocycles. The zero-order valence-electron chi connectivity index (χ0n) is 16.7. The number of ether oxygens (including phenoxy) is 1. The van der Waals surface area contributed by atoms with Gasteiger partial charge in [0.25, 0.3) is 5.56 Å². The summed E-state index contributed by atoms with van der Waals surface area (Å²) in [6.45, 7) is 4.34. The highest BCUT2D eigenvalue weighted by Crippen LogP contribution is 2.22. The van der Waals surface area contributed by atoms with E-state index in [2.05, 4.69) is 11.6 Å². The van der Waals surface area contributed by atoms with Gasteiger partial charge in [-0.3, -0.25) is 9.36 Å². The number of fused-ring (bicyclic) bond motifs is 1. The molecule has 0 spiro atoms. The third-order valence-electron chi connectivity index (χ3n) is 4.77. The lowest BCUT2D eigenvalue weighted by atomic mass is 10.1. The van der Waals surface area contributed by atoms with Crippen LogP contribution in [-0.2, 0) is 13.1 Å². The van der Waals surface area contributed by atoms with Crippen LogP contribution in [0.25, 0.3) is 21.5 Å². The highest BCUT2D eigenvalue weighted by atomic mass is 32.1. The third kappa shape index (κ3) is 4.66. The molecule has 1 N–H and O–H groups in total. The van der Waals surface area contributed by atoms with Gasteiger partial charge in [-0.15, -0.1) is 6.58 Å². The SMILES string of the molecule is C=CCn1c(=S)sc2c(=O)n(CC(O)COc3ccc(-c4ccccc4)cc3)cnc21. The van der Waals surface area contributed by atoms with Crippen molar-refractivity contribution in [3.8, 4) is 16.9 Å². The molecule has 0 saturated heterocycles. The van der Waals surface area contributed by atoms with Gasteiger partial charge < -0.3 is 14.4 Å². The van der Waals surface area contributed by atoms with Crippen LogP contribution in [0.2, 0.25) is 0 Å². The molecule has 4 rings (SSSR count). The average molecular weight is 452 g/mol. The molecule has 158 valence electrons. The molecule has 0 amide bonds. The number of hydrogen-bond donors (Lipinski definition) is 1. The molecule has 1 atom stereocenters. The second-order valence-electron chi connectivity index (χ2n) is 6.98. The minimum absolute atomic E-state index is 0.0579. The minimum atomic E-state index is -0.867. The van der Waals surface area contributed by atoms with E-state index in [0.717, 1.165) is 11.1 Å². The van der Waals surface area contributed by atoms with Crippen molar-refractivity contribution in [1.82, 2.24) is 14.1 Å². The number of aromatic nitrogens is 3. The van der Waals surface area contributed by atoms with Gasteiger partial charge >= 0.3 is 0 Å². The Hall–Kier alpha value is -3.07. The smallest absolute Gasteiger partial charge is 0.273 e. The normalized spacial score (nSPS) is 12.0. The summed E-state index contributed by atoms with van der Waals surface area (Å²) in [5.74, 6) is 0.652. The van der Waals surface area contributed by atoms with E-state index in [4.69, 9.17) is 17.0 Å². The number of thiazole rings is 1. The number of hydrogen-bond acceptors (Lipinski definition) is 6. The number of aliphatic hydroxyl groups is 1. The molecule has 0 aliphatic heterocycles. The number of allylic oxidation sites excluding steroid dienone is 1. The highest BCUT2D eigenvalue weighted by molar-refractivity contribution is 7.73. The Labute approximate surface area is 188 Å². The fourth-order valence-electron chi connectivity index (χ4n) is 3.24. The van der Waals surface area contributed by atoms with Gasteiger partial charge in [0.15, 0.2) is 9.60 Å². The largest absolute Gasteiger partial charge is 0.491 e. The standard InChI is InChI=1S/C23H21N3O3S2/c1-2-12-26-21-20(31-23(26)30)22(28)25(15-24-21)13-18(27)14-29-19-10-8-17(9-11-19)16-6-4-3-5-7-16/h2-11,15,18,27H,1,12-14H2. The average Bonchev–Trinajstić information content (AvgIpc) is 3.11. The van der Waals surface area contributed by atoms with Crippen molar-refractivity contribution in [2.45, 2.75) is 19.2 Å². The first-order valence-corrected chi connectivity index (χ1v) is 11.0. The van der Waals surface area contributed by atoms with Gasteiger partial charge in [-0.05, 0) is 35.5 Å². The first kappa shape index (κ1) is 21.2. The van der Waals surface area contributed by atoms with Crippen LogP contribution in [0.3, 0.4) is 0 Å². The Morgan fingerprint density at radius 3 is 2.58 bits per heavy atom.